The first-order valence-corrected chi connectivity index (χ1v) is 5.25. The fourth-order valence-electron chi connectivity index (χ4n) is 1.68. The monoisotopic (exact) mass is 225 g/mol. The van der Waals surface area contributed by atoms with Crippen molar-refractivity contribution < 1.29 is 14.1 Å². The van der Waals surface area contributed by atoms with E-state index in [-0.39, 0.29) is 5.91 Å². The van der Waals surface area contributed by atoms with Crippen LogP contribution in [0.5, 0.6) is 0 Å². The largest absolute Gasteiger partial charge is 0.379 e. The first-order valence-electron chi connectivity index (χ1n) is 5.25. The Morgan fingerprint density at radius 1 is 1.38 bits per heavy atom. The van der Waals surface area contributed by atoms with Gasteiger partial charge in [-0.15, -0.1) is 0 Å². The summed E-state index contributed by atoms with van der Waals surface area (Å²) in [5.74, 6) is 0.376. The van der Waals surface area contributed by atoms with Crippen LogP contribution in [0.15, 0.2) is 4.52 Å². The lowest BCUT2D eigenvalue weighted by Gasteiger charge is -2.26. The van der Waals surface area contributed by atoms with Crippen LogP contribution in [0, 0.1) is 13.8 Å². The Balaban J connectivity index is 2.02. The highest BCUT2D eigenvalue weighted by Crippen LogP contribution is 2.11. The lowest BCUT2D eigenvalue weighted by Crippen LogP contribution is -2.48. The van der Waals surface area contributed by atoms with E-state index < -0.39 is 0 Å². The number of nitrogens with zero attached hydrogens (tertiary/aromatic N) is 2. The number of hydrogen-bond acceptors (Lipinski definition) is 5. The van der Waals surface area contributed by atoms with Gasteiger partial charge in [0.2, 0.25) is 0 Å². The molecule has 16 heavy (non-hydrogen) atoms. The van der Waals surface area contributed by atoms with Gasteiger partial charge in [0.05, 0.1) is 18.9 Å². The first kappa shape index (κ1) is 11.1. The summed E-state index contributed by atoms with van der Waals surface area (Å²) < 4.78 is 10.1. The zero-order valence-corrected chi connectivity index (χ0v) is 9.45. The first-order chi connectivity index (χ1) is 7.68. The molecule has 88 valence electrons. The van der Waals surface area contributed by atoms with Crippen molar-refractivity contribution in [3.05, 3.63) is 17.0 Å². The second-order valence-electron chi connectivity index (χ2n) is 3.74. The van der Waals surface area contributed by atoms with Crippen molar-refractivity contribution in [2.75, 3.05) is 26.3 Å². The van der Waals surface area contributed by atoms with E-state index in [0.29, 0.717) is 43.3 Å². The third-order valence-electron chi connectivity index (χ3n) is 2.53. The Morgan fingerprint density at radius 3 is 2.62 bits per heavy atom. The number of hydrogen-bond donors (Lipinski definition) is 1. The van der Waals surface area contributed by atoms with E-state index in [2.05, 4.69) is 10.6 Å². The maximum atomic E-state index is 11.9. The SMILES string of the molecule is Cc1noc(C)c1C(=O)NN1CCOCC1. The molecule has 1 fully saturated rings. The molecule has 0 radical (unpaired) electrons. The van der Waals surface area contributed by atoms with Gasteiger partial charge in [0, 0.05) is 13.1 Å². The van der Waals surface area contributed by atoms with Crippen molar-refractivity contribution in [2.24, 2.45) is 0 Å². The molecule has 0 aromatic carbocycles. The van der Waals surface area contributed by atoms with Gasteiger partial charge >= 0.3 is 0 Å². The summed E-state index contributed by atoms with van der Waals surface area (Å²) in [5.41, 5.74) is 3.95. The maximum absolute atomic E-state index is 11.9. The Kier molecular flexibility index (Phi) is 3.21. The van der Waals surface area contributed by atoms with Gasteiger partial charge < -0.3 is 9.26 Å². The summed E-state index contributed by atoms with van der Waals surface area (Å²) in [4.78, 5) is 11.9. The minimum atomic E-state index is -0.168. The molecular formula is C10H15N3O3. The van der Waals surface area contributed by atoms with Crippen LogP contribution >= 0.6 is 0 Å². The van der Waals surface area contributed by atoms with Gasteiger partial charge in [0.15, 0.2) is 0 Å². The minimum absolute atomic E-state index is 0.168. The smallest absolute Gasteiger partial charge is 0.271 e. The molecule has 1 saturated heterocycles. The Morgan fingerprint density at radius 2 is 2.06 bits per heavy atom. The summed E-state index contributed by atoms with van der Waals surface area (Å²) >= 11 is 0. The van der Waals surface area contributed by atoms with Gasteiger partial charge in [0.1, 0.15) is 11.3 Å². The van der Waals surface area contributed by atoms with Crippen molar-refractivity contribution in [3.63, 3.8) is 0 Å². The molecule has 0 spiro atoms. The zero-order chi connectivity index (χ0) is 11.5. The predicted octanol–water partition coefficient (Wildman–Crippen LogP) is 0.268. The number of aryl methyl sites for hydroxylation is 2. The van der Waals surface area contributed by atoms with Gasteiger partial charge in [0.25, 0.3) is 5.91 Å². The van der Waals surface area contributed by atoms with Crippen molar-refractivity contribution in [3.8, 4) is 0 Å². The quantitative estimate of drug-likeness (QED) is 0.782. The molecule has 0 unspecified atom stereocenters. The predicted molar refractivity (Wildman–Crippen MR) is 55.8 cm³/mol. The Bertz CT molecular complexity index is 363. The summed E-state index contributed by atoms with van der Waals surface area (Å²) in [6, 6.07) is 0. The molecule has 1 amide bonds. The Labute approximate surface area is 93.5 Å². The molecule has 6 heteroatoms. The molecule has 0 bridgehead atoms. The average molecular weight is 225 g/mol. The highest BCUT2D eigenvalue weighted by Gasteiger charge is 2.20. The second-order valence-corrected chi connectivity index (χ2v) is 3.74. The number of amides is 1. The zero-order valence-electron chi connectivity index (χ0n) is 9.45. The average Bonchev–Trinajstić information content (AvgIpc) is 2.60. The lowest BCUT2D eigenvalue weighted by atomic mass is 10.2. The third-order valence-corrected chi connectivity index (χ3v) is 2.53. The molecule has 1 aromatic heterocycles. The summed E-state index contributed by atoms with van der Waals surface area (Å²) in [6.07, 6.45) is 0. The molecule has 1 aromatic rings. The molecule has 0 saturated carbocycles. The molecule has 0 aliphatic carbocycles. The van der Waals surface area contributed by atoms with Crippen molar-refractivity contribution in [1.82, 2.24) is 15.6 Å². The topological polar surface area (TPSA) is 67.6 Å². The van der Waals surface area contributed by atoms with Crippen molar-refractivity contribution in [2.45, 2.75) is 13.8 Å². The van der Waals surface area contributed by atoms with Crippen LogP contribution in [0.25, 0.3) is 0 Å². The fourth-order valence-corrected chi connectivity index (χ4v) is 1.68. The van der Waals surface area contributed by atoms with Gasteiger partial charge in [-0.05, 0) is 13.8 Å². The van der Waals surface area contributed by atoms with Crippen LogP contribution in [0.3, 0.4) is 0 Å². The van der Waals surface area contributed by atoms with Gasteiger partial charge in [-0.3, -0.25) is 10.2 Å². The van der Waals surface area contributed by atoms with Crippen LogP contribution in [0.1, 0.15) is 21.8 Å². The van der Waals surface area contributed by atoms with E-state index in [9.17, 15) is 4.79 Å². The molecule has 1 aliphatic rings. The third kappa shape index (κ3) is 2.23. The molecule has 2 heterocycles. The number of carbonyl (C=O) groups excluding carboxylic acids is 1. The Hall–Kier alpha value is -1.40. The van der Waals surface area contributed by atoms with Crippen LogP contribution in [0.2, 0.25) is 0 Å². The van der Waals surface area contributed by atoms with Crippen molar-refractivity contribution >= 4 is 5.91 Å². The van der Waals surface area contributed by atoms with Crippen LogP contribution in [-0.2, 0) is 4.74 Å². The van der Waals surface area contributed by atoms with E-state index in [4.69, 9.17) is 9.26 Å². The maximum Gasteiger partial charge on any atom is 0.271 e. The normalized spacial score (nSPS) is 17.4. The number of ether oxygens (including phenoxy) is 1. The highest BCUT2D eigenvalue weighted by molar-refractivity contribution is 5.95. The number of aromatic nitrogens is 1. The van der Waals surface area contributed by atoms with Gasteiger partial charge in [-0.1, -0.05) is 5.16 Å². The standard InChI is InChI=1S/C10H15N3O3/c1-7-9(8(2)16-12-7)10(14)11-13-3-5-15-6-4-13/h3-6H2,1-2H3,(H,11,14). The van der Waals surface area contributed by atoms with E-state index in [1.807, 2.05) is 5.01 Å². The van der Waals surface area contributed by atoms with Gasteiger partial charge in [-0.2, -0.15) is 0 Å². The van der Waals surface area contributed by atoms with Crippen LogP contribution in [0.4, 0.5) is 0 Å². The minimum Gasteiger partial charge on any atom is -0.379 e. The van der Waals surface area contributed by atoms with E-state index in [1.165, 1.54) is 0 Å². The number of carbonyl (C=O) groups is 1. The lowest BCUT2D eigenvalue weighted by molar-refractivity contribution is 0.0125. The molecule has 1 N–H and O–H groups in total. The second kappa shape index (κ2) is 4.63. The molecule has 6 nitrogen and oxygen atoms in total. The summed E-state index contributed by atoms with van der Waals surface area (Å²) in [5, 5.41) is 5.60. The van der Waals surface area contributed by atoms with Gasteiger partial charge in [-0.25, -0.2) is 5.01 Å². The van der Waals surface area contributed by atoms with Crippen LogP contribution < -0.4 is 5.43 Å². The van der Waals surface area contributed by atoms with E-state index in [1.54, 1.807) is 13.8 Å². The number of nitrogens with one attached hydrogen (secondary N) is 1. The highest BCUT2D eigenvalue weighted by atomic mass is 16.5. The number of hydrazine groups is 1. The molecule has 2 rings (SSSR count). The van der Waals surface area contributed by atoms with Crippen LogP contribution in [-0.4, -0.2) is 42.4 Å². The van der Waals surface area contributed by atoms with Crippen molar-refractivity contribution in [1.29, 1.82) is 0 Å². The number of morpholine rings is 1. The summed E-state index contributed by atoms with van der Waals surface area (Å²) in [7, 11) is 0. The molecule has 0 atom stereocenters. The summed E-state index contributed by atoms with van der Waals surface area (Å²) in [6.45, 7) is 6.17. The number of rotatable bonds is 2. The molecule has 1 aliphatic heterocycles. The molecular weight excluding hydrogens is 210 g/mol. The van der Waals surface area contributed by atoms with E-state index in [0.717, 1.165) is 0 Å². The van der Waals surface area contributed by atoms with E-state index >= 15 is 0 Å². The fraction of sp³-hybridized carbons (Fsp3) is 0.600.